The zero-order valence-corrected chi connectivity index (χ0v) is 15.7. The van der Waals surface area contributed by atoms with Crippen LogP contribution in [0.25, 0.3) is 11.4 Å². The molecule has 0 aliphatic heterocycles. The zero-order chi connectivity index (χ0) is 19.4. The van der Waals surface area contributed by atoms with Gasteiger partial charge < -0.3 is 14.0 Å². The van der Waals surface area contributed by atoms with Gasteiger partial charge in [0.25, 0.3) is 0 Å². The summed E-state index contributed by atoms with van der Waals surface area (Å²) in [5, 5.41) is 7.72. The van der Waals surface area contributed by atoms with Gasteiger partial charge in [-0.2, -0.15) is 4.98 Å². The first-order valence-corrected chi connectivity index (χ1v) is 8.61. The molecule has 142 valence electrons. The molecule has 0 unspecified atom stereocenters. The fourth-order valence-electron chi connectivity index (χ4n) is 2.75. The Hall–Kier alpha value is -3.16. The van der Waals surface area contributed by atoms with Crippen LogP contribution in [-0.4, -0.2) is 27.9 Å². The fourth-order valence-corrected chi connectivity index (χ4v) is 2.75. The Morgan fingerprint density at radius 3 is 2.44 bits per heavy atom. The second-order valence-electron chi connectivity index (χ2n) is 6.30. The fraction of sp³-hybridized carbons (Fsp3) is 0.368. The summed E-state index contributed by atoms with van der Waals surface area (Å²) in [6.45, 7) is 7.65. The highest BCUT2D eigenvalue weighted by Gasteiger charge is 2.14. The Kier molecular flexibility index (Phi) is 5.54. The number of carbonyl (C=O) groups is 1. The average molecular weight is 371 g/mol. The van der Waals surface area contributed by atoms with E-state index in [1.165, 1.54) is 6.92 Å². The third-order valence-electron chi connectivity index (χ3n) is 3.85. The molecule has 8 heteroatoms. The molecule has 1 aromatic carbocycles. The molecule has 0 aliphatic carbocycles. The van der Waals surface area contributed by atoms with Crippen molar-refractivity contribution in [3.63, 3.8) is 0 Å². The number of esters is 1. The van der Waals surface area contributed by atoms with Crippen LogP contribution in [0.5, 0.6) is 11.8 Å². The molecule has 0 aliphatic rings. The summed E-state index contributed by atoms with van der Waals surface area (Å²) >= 11 is 0. The van der Waals surface area contributed by atoms with Crippen molar-refractivity contribution in [1.82, 2.24) is 15.3 Å². The summed E-state index contributed by atoms with van der Waals surface area (Å²) < 4.78 is 20.8. The number of rotatable bonds is 7. The number of benzene rings is 1. The van der Waals surface area contributed by atoms with Crippen molar-refractivity contribution in [2.75, 3.05) is 6.61 Å². The maximum absolute atomic E-state index is 11.0. The number of nitrogens with zero attached hydrogens (tertiary/aromatic N) is 3. The smallest absolute Gasteiger partial charge is 0.425 e. The molecule has 0 N–H and O–H groups in total. The Balaban J connectivity index is 1.63. The van der Waals surface area contributed by atoms with Crippen LogP contribution >= 0.6 is 0 Å². The first kappa shape index (κ1) is 18.6. The normalized spacial score (nSPS) is 10.8. The summed E-state index contributed by atoms with van der Waals surface area (Å²) in [6, 6.07) is 5.75. The summed E-state index contributed by atoms with van der Waals surface area (Å²) in [6.07, 6.45) is 1.43. The third kappa shape index (κ3) is 4.72. The molecule has 0 saturated carbocycles. The van der Waals surface area contributed by atoms with Crippen molar-refractivity contribution in [2.45, 2.75) is 40.5 Å². The molecule has 2 heterocycles. The van der Waals surface area contributed by atoms with Gasteiger partial charge in [-0.1, -0.05) is 10.3 Å². The number of aromatic nitrogens is 3. The van der Waals surface area contributed by atoms with E-state index in [0.717, 1.165) is 46.7 Å². The molecular weight excluding hydrogens is 350 g/mol. The number of ether oxygens (including phenoxy) is 2. The molecule has 0 radical (unpaired) electrons. The highest BCUT2D eigenvalue weighted by atomic mass is 16.7. The monoisotopic (exact) mass is 371 g/mol. The molecule has 0 atom stereocenters. The number of hydrogen-bond donors (Lipinski definition) is 0. The molecule has 27 heavy (non-hydrogen) atoms. The lowest BCUT2D eigenvalue weighted by atomic mass is 10.1. The largest absolute Gasteiger partial charge is 0.493 e. The van der Waals surface area contributed by atoms with Crippen molar-refractivity contribution >= 4 is 5.97 Å². The quantitative estimate of drug-likeness (QED) is 0.459. The standard InChI is InChI=1S/C19H21N3O5/c1-11-8-15(18-20-19(27-22-18)25-14(4)23)9-12(2)17(11)24-7-5-6-16-10-13(3)21-26-16/h8-10H,5-7H2,1-4H3. The summed E-state index contributed by atoms with van der Waals surface area (Å²) in [4.78, 5) is 15.0. The van der Waals surface area contributed by atoms with E-state index in [4.69, 9.17) is 18.5 Å². The van der Waals surface area contributed by atoms with Crippen molar-refractivity contribution in [3.05, 3.63) is 40.8 Å². The van der Waals surface area contributed by atoms with Gasteiger partial charge >= 0.3 is 12.0 Å². The lowest BCUT2D eigenvalue weighted by molar-refractivity contribution is -0.133. The highest BCUT2D eigenvalue weighted by Crippen LogP contribution is 2.30. The minimum absolute atomic E-state index is 0.171. The SMILES string of the molecule is CC(=O)Oc1nc(-c2cc(C)c(OCCCc3cc(C)no3)c(C)c2)no1. The van der Waals surface area contributed by atoms with Crippen LogP contribution in [0.15, 0.2) is 27.2 Å². The number of hydrogen-bond acceptors (Lipinski definition) is 8. The van der Waals surface area contributed by atoms with E-state index >= 15 is 0 Å². The predicted molar refractivity (Wildman–Crippen MR) is 95.6 cm³/mol. The van der Waals surface area contributed by atoms with Gasteiger partial charge in [0.1, 0.15) is 11.5 Å². The molecule has 3 rings (SSSR count). The van der Waals surface area contributed by atoms with Gasteiger partial charge in [0, 0.05) is 25.0 Å². The van der Waals surface area contributed by atoms with Gasteiger partial charge in [-0.25, -0.2) is 0 Å². The van der Waals surface area contributed by atoms with Crippen LogP contribution in [0, 0.1) is 20.8 Å². The van der Waals surface area contributed by atoms with E-state index in [2.05, 4.69) is 15.3 Å². The average Bonchev–Trinajstić information content (AvgIpc) is 3.22. The Morgan fingerprint density at radius 2 is 1.81 bits per heavy atom. The maximum Gasteiger partial charge on any atom is 0.425 e. The molecule has 0 saturated heterocycles. The van der Waals surface area contributed by atoms with E-state index in [9.17, 15) is 4.79 Å². The van der Waals surface area contributed by atoms with Crippen LogP contribution in [0.2, 0.25) is 0 Å². The van der Waals surface area contributed by atoms with Crippen LogP contribution < -0.4 is 9.47 Å². The number of carbonyl (C=O) groups excluding carboxylic acids is 1. The van der Waals surface area contributed by atoms with Gasteiger partial charge in [-0.15, -0.1) is 0 Å². The van der Waals surface area contributed by atoms with E-state index in [0.29, 0.717) is 12.4 Å². The molecule has 2 aromatic heterocycles. The van der Waals surface area contributed by atoms with E-state index in [-0.39, 0.29) is 6.08 Å². The summed E-state index contributed by atoms with van der Waals surface area (Å²) in [7, 11) is 0. The van der Waals surface area contributed by atoms with Gasteiger partial charge in [-0.3, -0.25) is 9.32 Å². The maximum atomic E-state index is 11.0. The lowest BCUT2D eigenvalue weighted by Gasteiger charge is -2.13. The Labute approximate surface area is 156 Å². The first-order valence-electron chi connectivity index (χ1n) is 8.61. The first-order chi connectivity index (χ1) is 12.9. The van der Waals surface area contributed by atoms with Crippen molar-refractivity contribution in [2.24, 2.45) is 0 Å². The van der Waals surface area contributed by atoms with Crippen LogP contribution in [0.4, 0.5) is 0 Å². The van der Waals surface area contributed by atoms with Crippen LogP contribution in [0.3, 0.4) is 0 Å². The Morgan fingerprint density at radius 1 is 1.07 bits per heavy atom. The molecule has 0 spiro atoms. The summed E-state index contributed by atoms with van der Waals surface area (Å²) in [5.74, 6) is 1.53. The van der Waals surface area contributed by atoms with Crippen LogP contribution in [-0.2, 0) is 11.2 Å². The second kappa shape index (κ2) is 8.03. The summed E-state index contributed by atoms with van der Waals surface area (Å²) in [5.41, 5.74) is 3.56. The molecule has 0 fully saturated rings. The van der Waals surface area contributed by atoms with Crippen molar-refractivity contribution < 1.29 is 23.3 Å². The van der Waals surface area contributed by atoms with Crippen molar-refractivity contribution in [3.8, 4) is 23.2 Å². The highest BCUT2D eigenvalue weighted by molar-refractivity contribution is 5.68. The number of aryl methyl sites for hydroxylation is 4. The topological polar surface area (TPSA) is 100 Å². The van der Waals surface area contributed by atoms with Gasteiger partial charge in [0.15, 0.2) is 0 Å². The minimum Gasteiger partial charge on any atom is -0.493 e. The minimum atomic E-state index is -0.512. The Bertz CT molecular complexity index is 921. The van der Waals surface area contributed by atoms with Gasteiger partial charge in [0.2, 0.25) is 5.82 Å². The van der Waals surface area contributed by atoms with Crippen LogP contribution in [0.1, 0.15) is 35.9 Å². The predicted octanol–water partition coefficient (Wildman–Crippen LogP) is 3.59. The van der Waals surface area contributed by atoms with E-state index in [1.54, 1.807) is 0 Å². The molecular formula is C19H21N3O5. The van der Waals surface area contributed by atoms with Gasteiger partial charge in [0.05, 0.1) is 12.3 Å². The van der Waals surface area contributed by atoms with E-state index in [1.807, 2.05) is 39.0 Å². The third-order valence-corrected chi connectivity index (χ3v) is 3.85. The zero-order valence-electron chi connectivity index (χ0n) is 15.7. The van der Waals surface area contributed by atoms with E-state index < -0.39 is 5.97 Å². The lowest BCUT2D eigenvalue weighted by Crippen LogP contribution is -2.02. The van der Waals surface area contributed by atoms with Gasteiger partial charge in [-0.05, 0) is 50.5 Å². The molecule has 0 amide bonds. The molecule has 3 aromatic rings. The molecule has 8 nitrogen and oxygen atoms in total. The van der Waals surface area contributed by atoms with Crippen molar-refractivity contribution in [1.29, 1.82) is 0 Å². The second-order valence-corrected chi connectivity index (χ2v) is 6.30. The molecule has 0 bridgehead atoms.